The summed E-state index contributed by atoms with van der Waals surface area (Å²) in [7, 11) is -3.56. The van der Waals surface area contributed by atoms with Gasteiger partial charge in [0.15, 0.2) is 5.82 Å². The number of piperidine rings is 1. The maximum atomic E-state index is 12.7. The average Bonchev–Trinajstić information content (AvgIpc) is 3.01. The van der Waals surface area contributed by atoms with Crippen molar-refractivity contribution in [1.29, 1.82) is 0 Å². The van der Waals surface area contributed by atoms with Gasteiger partial charge in [-0.2, -0.15) is 10.2 Å². The molecule has 146 valence electrons. The summed E-state index contributed by atoms with van der Waals surface area (Å²) in [6.07, 6.45) is 6.01. The van der Waals surface area contributed by atoms with Crippen LogP contribution in [0.1, 0.15) is 48.3 Å². The summed E-state index contributed by atoms with van der Waals surface area (Å²) in [5, 5.41) is 15.6. The first-order valence-corrected chi connectivity index (χ1v) is 11.1. The molecule has 2 aromatic rings. The molecule has 0 saturated carbocycles. The van der Waals surface area contributed by atoms with E-state index in [4.69, 9.17) is 0 Å². The van der Waals surface area contributed by atoms with E-state index in [2.05, 4.69) is 36.1 Å². The molecule has 27 heavy (non-hydrogen) atoms. The van der Waals surface area contributed by atoms with Crippen molar-refractivity contribution in [1.82, 2.24) is 25.1 Å². The van der Waals surface area contributed by atoms with Gasteiger partial charge in [0, 0.05) is 19.1 Å². The first kappa shape index (κ1) is 18.4. The molecule has 0 unspecified atom stereocenters. The molecule has 0 spiro atoms. The molecule has 2 aliphatic rings. The zero-order chi connectivity index (χ0) is 19.0. The highest BCUT2D eigenvalue weighted by Gasteiger charge is 2.28. The van der Waals surface area contributed by atoms with E-state index in [0.717, 1.165) is 50.3 Å². The summed E-state index contributed by atoms with van der Waals surface area (Å²) >= 11 is 0. The second-order valence-corrected chi connectivity index (χ2v) is 9.18. The summed E-state index contributed by atoms with van der Waals surface area (Å²) in [4.78, 5) is 2.48. The lowest BCUT2D eigenvalue weighted by Gasteiger charge is -2.33. The van der Waals surface area contributed by atoms with Crippen LogP contribution in [0.3, 0.4) is 0 Å². The lowest BCUT2D eigenvalue weighted by Crippen LogP contribution is -2.45. The van der Waals surface area contributed by atoms with Crippen molar-refractivity contribution in [3.05, 3.63) is 28.7 Å². The van der Waals surface area contributed by atoms with Gasteiger partial charge in [0.2, 0.25) is 10.0 Å². The first-order valence-electron chi connectivity index (χ1n) is 9.58. The lowest BCUT2D eigenvalue weighted by atomic mass is 9.96. The molecule has 2 N–H and O–H groups in total. The van der Waals surface area contributed by atoms with Crippen LogP contribution in [0.4, 0.5) is 5.82 Å². The number of aromatic nitrogens is 4. The Morgan fingerprint density at radius 3 is 2.59 bits per heavy atom. The van der Waals surface area contributed by atoms with Gasteiger partial charge >= 0.3 is 0 Å². The number of H-pyrrole nitrogens is 1. The number of hydrogen-bond acceptors (Lipinski definition) is 6. The van der Waals surface area contributed by atoms with Gasteiger partial charge in [0.25, 0.3) is 0 Å². The van der Waals surface area contributed by atoms with Gasteiger partial charge in [-0.1, -0.05) is 0 Å². The number of nitrogens with one attached hydrogen (secondary N) is 2. The molecule has 4 rings (SSSR count). The zero-order valence-electron chi connectivity index (χ0n) is 15.8. The Morgan fingerprint density at radius 2 is 1.89 bits per heavy atom. The molecular formula is C18H26N6O2S. The fraction of sp³-hybridized carbons (Fsp3) is 0.611. The topological polar surface area (TPSA) is 104 Å². The van der Waals surface area contributed by atoms with Crippen LogP contribution in [0, 0.1) is 13.8 Å². The number of fused-ring (bicyclic) bond motifs is 1. The lowest BCUT2D eigenvalue weighted by molar-refractivity contribution is 0.457. The highest BCUT2D eigenvalue weighted by atomic mass is 32.2. The van der Waals surface area contributed by atoms with Gasteiger partial charge in [-0.3, -0.25) is 5.10 Å². The van der Waals surface area contributed by atoms with Gasteiger partial charge in [-0.05, 0) is 64.0 Å². The van der Waals surface area contributed by atoms with Crippen molar-refractivity contribution >= 4 is 15.8 Å². The molecule has 0 aromatic carbocycles. The number of hydrogen-bond donors (Lipinski definition) is 2. The fourth-order valence-electron chi connectivity index (χ4n) is 4.07. The molecule has 1 saturated heterocycles. The van der Waals surface area contributed by atoms with E-state index in [1.807, 2.05) is 0 Å². The van der Waals surface area contributed by atoms with Crippen LogP contribution in [0.15, 0.2) is 11.0 Å². The third-order valence-electron chi connectivity index (χ3n) is 5.53. The predicted molar refractivity (Wildman–Crippen MR) is 102 cm³/mol. The highest BCUT2D eigenvalue weighted by Crippen LogP contribution is 2.25. The SMILES string of the molecule is Cc1n[nH]c(C)c1S(=O)(=O)NC1CCN(c2cc3c(nn2)CCCC3)CC1. The molecule has 1 fully saturated rings. The van der Waals surface area contributed by atoms with Crippen molar-refractivity contribution in [3.8, 4) is 0 Å². The monoisotopic (exact) mass is 390 g/mol. The molecule has 9 heteroatoms. The van der Waals surface area contributed by atoms with Crippen LogP contribution in [-0.4, -0.2) is 47.9 Å². The maximum Gasteiger partial charge on any atom is 0.244 e. The minimum atomic E-state index is -3.56. The molecule has 1 aliphatic heterocycles. The minimum Gasteiger partial charge on any atom is -0.355 e. The third-order valence-corrected chi connectivity index (χ3v) is 7.31. The quantitative estimate of drug-likeness (QED) is 0.823. The summed E-state index contributed by atoms with van der Waals surface area (Å²) in [6.45, 7) is 4.97. The standard InChI is InChI=1S/C18H26N6O2S/c1-12-18(13(2)20-19-12)27(25,26)23-15-7-9-24(10-8-15)17-11-14-5-3-4-6-16(14)21-22-17/h11,15,23H,3-10H2,1-2H3,(H,19,20). The zero-order valence-corrected chi connectivity index (χ0v) is 16.6. The summed E-state index contributed by atoms with van der Waals surface area (Å²) in [5.74, 6) is 0.915. The summed E-state index contributed by atoms with van der Waals surface area (Å²) in [5.41, 5.74) is 3.53. The van der Waals surface area contributed by atoms with E-state index >= 15 is 0 Å². The Balaban J connectivity index is 1.41. The molecule has 0 bridgehead atoms. The van der Waals surface area contributed by atoms with Crippen LogP contribution in [0.5, 0.6) is 0 Å². The number of nitrogens with zero attached hydrogens (tertiary/aromatic N) is 4. The molecule has 2 aromatic heterocycles. The second-order valence-electron chi connectivity index (χ2n) is 7.53. The van der Waals surface area contributed by atoms with Crippen molar-refractivity contribution in [2.45, 2.75) is 63.3 Å². The fourth-order valence-corrected chi connectivity index (χ4v) is 5.75. The molecule has 8 nitrogen and oxygen atoms in total. The number of aryl methyl sites for hydroxylation is 4. The van der Waals surface area contributed by atoms with Crippen LogP contribution < -0.4 is 9.62 Å². The van der Waals surface area contributed by atoms with Crippen LogP contribution in [0.25, 0.3) is 0 Å². The summed E-state index contributed by atoms with van der Waals surface area (Å²) in [6, 6.07) is 2.09. The van der Waals surface area contributed by atoms with Crippen LogP contribution in [0.2, 0.25) is 0 Å². The Kier molecular flexibility index (Phi) is 4.90. The maximum absolute atomic E-state index is 12.7. The van der Waals surface area contributed by atoms with Gasteiger partial charge in [0.05, 0.1) is 17.1 Å². The highest BCUT2D eigenvalue weighted by molar-refractivity contribution is 7.89. The van der Waals surface area contributed by atoms with Crippen molar-refractivity contribution in [3.63, 3.8) is 0 Å². The third kappa shape index (κ3) is 3.70. The number of rotatable bonds is 4. The van der Waals surface area contributed by atoms with Gasteiger partial charge in [0.1, 0.15) is 4.90 Å². The molecular weight excluding hydrogens is 364 g/mol. The number of anilines is 1. The van der Waals surface area contributed by atoms with E-state index in [9.17, 15) is 8.42 Å². The van der Waals surface area contributed by atoms with E-state index < -0.39 is 10.0 Å². The van der Waals surface area contributed by atoms with Crippen LogP contribution >= 0.6 is 0 Å². The van der Waals surface area contributed by atoms with E-state index in [-0.39, 0.29) is 10.9 Å². The van der Waals surface area contributed by atoms with Crippen molar-refractivity contribution in [2.24, 2.45) is 0 Å². The van der Waals surface area contributed by atoms with Crippen molar-refractivity contribution in [2.75, 3.05) is 18.0 Å². The number of aromatic amines is 1. The first-order chi connectivity index (χ1) is 12.9. The molecule has 0 radical (unpaired) electrons. The minimum absolute atomic E-state index is 0.0782. The normalized spacial score (nSPS) is 18.5. The van der Waals surface area contributed by atoms with E-state index in [1.54, 1.807) is 13.8 Å². The smallest absolute Gasteiger partial charge is 0.244 e. The largest absolute Gasteiger partial charge is 0.355 e. The Labute approximate surface area is 159 Å². The Hall–Kier alpha value is -2.00. The van der Waals surface area contributed by atoms with E-state index in [0.29, 0.717) is 11.4 Å². The second kappa shape index (κ2) is 7.20. The molecule has 3 heterocycles. The molecule has 0 atom stereocenters. The van der Waals surface area contributed by atoms with Gasteiger partial charge < -0.3 is 4.90 Å². The van der Waals surface area contributed by atoms with Crippen LogP contribution in [-0.2, 0) is 22.9 Å². The average molecular weight is 391 g/mol. The van der Waals surface area contributed by atoms with Gasteiger partial charge in [-0.25, -0.2) is 13.1 Å². The Bertz CT molecular complexity index is 912. The molecule has 0 amide bonds. The molecule has 1 aliphatic carbocycles. The predicted octanol–water partition coefficient (Wildman–Crippen LogP) is 1.64. The van der Waals surface area contributed by atoms with E-state index in [1.165, 1.54) is 18.4 Å². The number of sulfonamides is 1. The summed E-state index contributed by atoms with van der Waals surface area (Å²) < 4.78 is 28.3. The Morgan fingerprint density at radius 1 is 1.15 bits per heavy atom. The van der Waals surface area contributed by atoms with Crippen molar-refractivity contribution < 1.29 is 8.42 Å². The van der Waals surface area contributed by atoms with Gasteiger partial charge in [-0.15, -0.1) is 5.10 Å².